The lowest BCUT2D eigenvalue weighted by atomic mass is 9.98. The van der Waals surface area contributed by atoms with Crippen molar-refractivity contribution in [1.29, 1.82) is 0 Å². The van der Waals surface area contributed by atoms with Crippen molar-refractivity contribution in [3.8, 4) is 11.1 Å². The van der Waals surface area contributed by atoms with E-state index < -0.39 is 0 Å². The van der Waals surface area contributed by atoms with Crippen molar-refractivity contribution in [2.45, 2.75) is 6.42 Å². The molecule has 0 aliphatic carbocycles. The number of aromatic amines is 1. The third-order valence-corrected chi connectivity index (χ3v) is 3.01. The van der Waals surface area contributed by atoms with Crippen LogP contribution < -0.4 is 0 Å². The number of imidazole rings is 1. The molecule has 0 saturated heterocycles. The Labute approximate surface area is 106 Å². The van der Waals surface area contributed by atoms with Gasteiger partial charge in [0.15, 0.2) is 0 Å². The first-order valence-electron chi connectivity index (χ1n) is 6.05. The van der Waals surface area contributed by atoms with Gasteiger partial charge in [-0.1, -0.05) is 54.6 Å². The Morgan fingerprint density at radius 3 is 2.44 bits per heavy atom. The average Bonchev–Trinajstić information content (AvgIpc) is 2.93. The van der Waals surface area contributed by atoms with E-state index in [1.54, 1.807) is 6.20 Å². The zero-order chi connectivity index (χ0) is 12.2. The van der Waals surface area contributed by atoms with Crippen LogP contribution in [0.5, 0.6) is 0 Å². The molecule has 0 spiro atoms. The maximum Gasteiger partial charge on any atom is 0.110 e. The fourth-order valence-electron chi connectivity index (χ4n) is 2.15. The summed E-state index contributed by atoms with van der Waals surface area (Å²) < 4.78 is 0. The van der Waals surface area contributed by atoms with E-state index in [9.17, 15) is 0 Å². The van der Waals surface area contributed by atoms with Crippen molar-refractivity contribution < 1.29 is 0 Å². The number of nitrogens with one attached hydrogen (secondary N) is 1. The molecule has 18 heavy (non-hydrogen) atoms. The molecule has 1 heterocycles. The molecule has 3 rings (SSSR count). The number of benzene rings is 2. The van der Waals surface area contributed by atoms with Crippen molar-refractivity contribution in [3.63, 3.8) is 0 Å². The van der Waals surface area contributed by atoms with E-state index in [2.05, 4.69) is 58.5 Å². The van der Waals surface area contributed by atoms with E-state index in [4.69, 9.17) is 0 Å². The van der Waals surface area contributed by atoms with Crippen LogP contribution in [0.1, 0.15) is 11.4 Å². The zero-order valence-electron chi connectivity index (χ0n) is 10.0. The summed E-state index contributed by atoms with van der Waals surface area (Å²) >= 11 is 0. The Bertz CT molecular complexity index is 613. The normalized spacial score (nSPS) is 10.4. The summed E-state index contributed by atoms with van der Waals surface area (Å²) in [7, 11) is 0. The molecule has 2 heteroatoms. The van der Waals surface area contributed by atoms with Crippen molar-refractivity contribution >= 4 is 0 Å². The second kappa shape index (κ2) is 4.88. The highest BCUT2D eigenvalue weighted by Crippen LogP contribution is 2.24. The SMILES string of the molecule is c1ccc(-c2ccccc2Cc2ncc[nH]2)cc1. The lowest BCUT2D eigenvalue weighted by Gasteiger charge is -2.08. The van der Waals surface area contributed by atoms with Gasteiger partial charge in [0.1, 0.15) is 5.82 Å². The molecule has 0 aliphatic rings. The van der Waals surface area contributed by atoms with Gasteiger partial charge in [0.2, 0.25) is 0 Å². The molecule has 0 bridgehead atoms. The highest BCUT2D eigenvalue weighted by Gasteiger charge is 2.05. The van der Waals surface area contributed by atoms with Crippen LogP contribution in [0.2, 0.25) is 0 Å². The third kappa shape index (κ3) is 2.18. The van der Waals surface area contributed by atoms with Crippen molar-refractivity contribution in [2.24, 2.45) is 0 Å². The van der Waals surface area contributed by atoms with Gasteiger partial charge in [-0.05, 0) is 16.7 Å². The van der Waals surface area contributed by atoms with Gasteiger partial charge in [-0.15, -0.1) is 0 Å². The molecule has 2 nitrogen and oxygen atoms in total. The number of rotatable bonds is 3. The van der Waals surface area contributed by atoms with Gasteiger partial charge in [0, 0.05) is 18.8 Å². The maximum absolute atomic E-state index is 4.29. The van der Waals surface area contributed by atoms with Crippen LogP contribution in [0.25, 0.3) is 11.1 Å². The van der Waals surface area contributed by atoms with Crippen LogP contribution >= 0.6 is 0 Å². The van der Waals surface area contributed by atoms with E-state index >= 15 is 0 Å². The van der Waals surface area contributed by atoms with Gasteiger partial charge in [0.25, 0.3) is 0 Å². The van der Waals surface area contributed by atoms with E-state index in [-0.39, 0.29) is 0 Å². The molecule has 0 amide bonds. The van der Waals surface area contributed by atoms with Crippen LogP contribution in [-0.2, 0) is 6.42 Å². The van der Waals surface area contributed by atoms with Crippen LogP contribution in [0.15, 0.2) is 67.0 Å². The average molecular weight is 234 g/mol. The lowest BCUT2D eigenvalue weighted by Crippen LogP contribution is -1.93. The molecule has 3 aromatic rings. The van der Waals surface area contributed by atoms with Crippen LogP contribution in [-0.4, -0.2) is 9.97 Å². The first-order chi connectivity index (χ1) is 8.93. The van der Waals surface area contributed by atoms with Crippen molar-refractivity contribution in [1.82, 2.24) is 9.97 Å². The molecular formula is C16H14N2. The number of hydrogen-bond acceptors (Lipinski definition) is 1. The van der Waals surface area contributed by atoms with Gasteiger partial charge in [-0.25, -0.2) is 4.98 Å². The highest BCUT2D eigenvalue weighted by molar-refractivity contribution is 5.67. The van der Waals surface area contributed by atoms with Crippen molar-refractivity contribution in [3.05, 3.63) is 78.4 Å². The van der Waals surface area contributed by atoms with E-state index in [1.807, 2.05) is 12.3 Å². The molecule has 0 aliphatic heterocycles. The van der Waals surface area contributed by atoms with Gasteiger partial charge in [0.05, 0.1) is 0 Å². The van der Waals surface area contributed by atoms with Gasteiger partial charge in [-0.3, -0.25) is 0 Å². The first-order valence-corrected chi connectivity index (χ1v) is 6.05. The second-order valence-corrected chi connectivity index (χ2v) is 4.24. The number of H-pyrrole nitrogens is 1. The number of aromatic nitrogens is 2. The van der Waals surface area contributed by atoms with Gasteiger partial charge < -0.3 is 4.98 Å². The van der Waals surface area contributed by atoms with Gasteiger partial charge >= 0.3 is 0 Å². The standard InChI is InChI=1S/C16H14N2/c1-2-6-13(7-3-1)15-9-5-4-8-14(15)12-16-17-10-11-18-16/h1-11H,12H2,(H,17,18). The van der Waals surface area contributed by atoms with Crippen LogP contribution in [0, 0.1) is 0 Å². The van der Waals surface area contributed by atoms with Gasteiger partial charge in [-0.2, -0.15) is 0 Å². The lowest BCUT2D eigenvalue weighted by molar-refractivity contribution is 1.03. The maximum atomic E-state index is 4.29. The Morgan fingerprint density at radius 2 is 1.67 bits per heavy atom. The van der Waals surface area contributed by atoms with Crippen LogP contribution in [0.4, 0.5) is 0 Å². The number of nitrogens with zero attached hydrogens (tertiary/aromatic N) is 1. The zero-order valence-corrected chi connectivity index (χ0v) is 10.0. The van der Waals surface area contributed by atoms with E-state index in [0.29, 0.717) is 0 Å². The summed E-state index contributed by atoms with van der Waals surface area (Å²) in [6.45, 7) is 0. The molecule has 0 unspecified atom stereocenters. The Kier molecular flexibility index (Phi) is 2.92. The molecule has 1 N–H and O–H groups in total. The summed E-state index contributed by atoms with van der Waals surface area (Å²) in [5, 5.41) is 0. The monoisotopic (exact) mass is 234 g/mol. The molecule has 1 aromatic heterocycles. The highest BCUT2D eigenvalue weighted by atomic mass is 14.9. The summed E-state index contributed by atoms with van der Waals surface area (Å²) in [4.78, 5) is 7.44. The summed E-state index contributed by atoms with van der Waals surface area (Å²) in [6, 6.07) is 18.9. The fraction of sp³-hybridized carbons (Fsp3) is 0.0625. The molecule has 0 radical (unpaired) electrons. The Hall–Kier alpha value is -2.35. The topological polar surface area (TPSA) is 28.7 Å². The Morgan fingerprint density at radius 1 is 0.889 bits per heavy atom. The van der Waals surface area contributed by atoms with E-state index in [1.165, 1.54) is 16.7 Å². The Balaban J connectivity index is 2.00. The van der Waals surface area contributed by atoms with Crippen molar-refractivity contribution in [2.75, 3.05) is 0 Å². The molecular weight excluding hydrogens is 220 g/mol. The van der Waals surface area contributed by atoms with E-state index in [0.717, 1.165) is 12.2 Å². The molecule has 0 fully saturated rings. The first kappa shape index (κ1) is 10.8. The smallest absolute Gasteiger partial charge is 0.110 e. The largest absolute Gasteiger partial charge is 0.348 e. The second-order valence-electron chi connectivity index (χ2n) is 4.24. The number of hydrogen-bond donors (Lipinski definition) is 1. The van der Waals surface area contributed by atoms with Crippen LogP contribution in [0.3, 0.4) is 0 Å². The summed E-state index contributed by atoms with van der Waals surface area (Å²) in [5.74, 6) is 0.999. The quantitative estimate of drug-likeness (QED) is 0.736. The predicted molar refractivity (Wildman–Crippen MR) is 73.3 cm³/mol. The fourth-order valence-corrected chi connectivity index (χ4v) is 2.15. The summed E-state index contributed by atoms with van der Waals surface area (Å²) in [6.07, 6.45) is 4.49. The minimum atomic E-state index is 0.831. The predicted octanol–water partition coefficient (Wildman–Crippen LogP) is 3.67. The minimum Gasteiger partial charge on any atom is -0.348 e. The molecule has 0 atom stereocenters. The molecule has 2 aromatic carbocycles. The minimum absolute atomic E-state index is 0.831. The summed E-state index contributed by atoms with van der Waals surface area (Å²) in [5.41, 5.74) is 3.81. The molecule has 0 saturated carbocycles. The third-order valence-electron chi connectivity index (χ3n) is 3.01. The molecule has 88 valence electrons.